The third kappa shape index (κ3) is 2.43. The van der Waals surface area contributed by atoms with E-state index in [0.29, 0.717) is 5.54 Å². The van der Waals surface area contributed by atoms with Crippen LogP contribution in [0.4, 0.5) is 0 Å². The van der Waals surface area contributed by atoms with Crippen molar-refractivity contribution in [2.75, 3.05) is 0 Å². The highest BCUT2D eigenvalue weighted by Gasteiger charge is 2.56. The lowest BCUT2D eigenvalue weighted by Crippen LogP contribution is -2.60. The van der Waals surface area contributed by atoms with Crippen LogP contribution in [0.5, 0.6) is 0 Å². The molecular formula is C22H30OSi2. The minimum absolute atomic E-state index is 0.160. The topological polar surface area (TPSA) is 9.23 Å². The molecule has 0 spiro atoms. The van der Waals surface area contributed by atoms with E-state index in [1.54, 1.807) is 11.1 Å². The quantitative estimate of drug-likeness (QED) is 0.511. The minimum Gasteiger partial charge on any atom is -0.410 e. The Hall–Kier alpha value is -1.17. The lowest BCUT2D eigenvalue weighted by Gasteiger charge is -2.41. The maximum absolute atomic E-state index is 6.93. The Balaban J connectivity index is 1.93. The van der Waals surface area contributed by atoms with Crippen molar-refractivity contribution >= 4 is 21.5 Å². The van der Waals surface area contributed by atoms with Crippen molar-refractivity contribution in [3.8, 4) is 0 Å². The third-order valence-corrected chi connectivity index (χ3v) is 23.3. The number of hydrogen-bond acceptors (Lipinski definition) is 1. The minimum atomic E-state index is -1.78. The van der Waals surface area contributed by atoms with Crippen LogP contribution in [-0.2, 0) is 4.43 Å². The first-order valence-electron chi connectivity index (χ1n) is 9.45. The molecule has 1 aliphatic heterocycles. The molecule has 2 unspecified atom stereocenters. The molecule has 1 aromatic rings. The summed E-state index contributed by atoms with van der Waals surface area (Å²) in [7, 11) is -3.39. The summed E-state index contributed by atoms with van der Waals surface area (Å²) >= 11 is 0. The Morgan fingerprint density at radius 3 is 2.28 bits per heavy atom. The van der Waals surface area contributed by atoms with Crippen molar-refractivity contribution in [1.82, 2.24) is 0 Å². The van der Waals surface area contributed by atoms with E-state index in [2.05, 4.69) is 89.5 Å². The molecular weight excluding hydrogens is 336 g/mol. The van der Waals surface area contributed by atoms with Crippen LogP contribution in [0.1, 0.15) is 37.4 Å². The smallest absolute Gasteiger partial charge is 0.176 e. The fraction of sp³-hybridized carbons (Fsp3) is 0.455. The molecule has 132 valence electrons. The molecule has 3 aliphatic rings. The van der Waals surface area contributed by atoms with Gasteiger partial charge in [0.25, 0.3) is 0 Å². The lowest BCUT2D eigenvalue weighted by atomic mass is 9.87. The first-order chi connectivity index (χ1) is 11.5. The molecule has 25 heavy (non-hydrogen) atoms. The normalized spacial score (nSPS) is 29.0. The van der Waals surface area contributed by atoms with Crippen LogP contribution in [0, 0.1) is 5.41 Å². The number of hydrogen-bond donors (Lipinski definition) is 0. The summed E-state index contributed by atoms with van der Waals surface area (Å²) < 4.78 is 6.93. The average Bonchev–Trinajstić information content (AvgIpc) is 3.05. The summed E-state index contributed by atoms with van der Waals surface area (Å²) in [6, 6.07) is 9.03. The summed E-state index contributed by atoms with van der Waals surface area (Å²) in [4.78, 5) is 0. The van der Waals surface area contributed by atoms with Gasteiger partial charge in [0.05, 0.1) is 13.7 Å². The molecule has 0 bridgehead atoms. The van der Waals surface area contributed by atoms with E-state index in [-0.39, 0.29) is 11.5 Å². The fourth-order valence-electron chi connectivity index (χ4n) is 4.53. The molecule has 0 aromatic heterocycles. The highest BCUT2D eigenvalue weighted by molar-refractivity contribution is 7.39. The highest BCUT2D eigenvalue weighted by Crippen LogP contribution is 2.53. The molecule has 3 heteroatoms. The second kappa shape index (κ2) is 5.18. The van der Waals surface area contributed by atoms with Gasteiger partial charge in [-0.15, -0.1) is 0 Å². The van der Waals surface area contributed by atoms with Crippen molar-refractivity contribution < 1.29 is 4.43 Å². The van der Waals surface area contributed by atoms with Gasteiger partial charge in [-0.25, -0.2) is 0 Å². The Morgan fingerprint density at radius 1 is 0.920 bits per heavy atom. The zero-order chi connectivity index (χ0) is 18.2. The van der Waals surface area contributed by atoms with E-state index in [1.165, 1.54) is 16.7 Å². The van der Waals surface area contributed by atoms with Gasteiger partial charge in [0, 0.05) is 5.54 Å². The van der Waals surface area contributed by atoms with E-state index >= 15 is 0 Å². The molecule has 4 rings (SSSR count). The molecule has 2 atom stereocenters. The first-order valence-corrected chi connectivity index (χ1v) is 16.4. The average molecular weight is 367 g/mol. The van der Waals surface area contributed by atoms with Gasteiger partial charge in [0.1, 0.15) is 0 Å². The molecule has 1 nitrogen and oxygen atoms in total. The fourth-order valence-corrected chi connectivity index (χ4v) is 12.7. The second-order valence-electron chi connectivity index (χ2n) is 9.90. The molecule has 1 fully saturated rings. The van der Waals surface area contributed by atoms with Crippen molar-refractivity contribution in [3.63, 3.8) is 0 Å². The summed E-state index contributed by atoms with van der Waals surface area (Å²) in [6.45, 7) is 17.0. The predicted octanol–water partition coefficient (Wildman–Crippen LogP) is 6.01. The third-order valence-electron chi connectivity index (χ3n) is 6.77. The largest absolute Gasteiger partial charge is 0.410 e. The second-order valence-corrected chi connectivity index (χ2v) is 24.7. The molecule has 0 N–H and O–H groups in total. The van der Waals surface area contributed by atoms with Gasteiger partial charge >= 0.3 is 0 Å². The molecule has 0 saturated carbocycles. The Kier molecular flexibility index (Phi) is 3.58. The standard InChI is InChI=1S/C22H30OSi2/c1-22(2,3)16-13-18-19-12-15-10-8-9-11-17(15)21(19)24(4,5)25(6,7)23-20(18)14-16/h8-14,20-21H,1-7H3. The van der Waals surface area contributed by atoms with Crippen LogP contribution >= 0.6 is 0 Å². The molecule has 1 saturated heterocycles. The first kappa shape index (κ1) is 17.3. The number of fused-ring (bicyclic) bond motifs is 5. The molecule has 0 amide bonds. The molecule has 2 aliphatic carbocycles. The summed E-state index contributed by atoms with van der Waals surface area (Å²) in [5.74, 6) is 0. The van der Waals surface area contributed by atoms with Gasteiger partial charge in [-0.1, -0.05) is 70.3 Å². The van der Waals surface area contributed by atoms with Gasteiger partial charge in [-0.2, -0.15) is 0 Å². The van der Waals surface area contributed by atoms with E-state index in [0.717, 1.165) is 0 Å². The van der Waals surface area contributed by atoms with E-state index in [1.807, 2.05) is 0 Å². The van der Waals surface area contributed by atoms with Crippen LogP contribution in [0.15, 0.2) is 53.1 Å². The van der Waals surface area contributed by atoms with Crippen LogP contribution in [0.3, 0.4) is 0 Å². The number of benzene rings is 1. The summed E-state index contributed by atoms with van der Waals surface area (Å²) in [5, 5.41) is 0. The van der Waals surface area contributed by atoms with Crippen molar-refractivity contribution in [1.29, 1.82) is 0 Å². The van der Waals surface area contributed by atoms with Crippen molar-refractivity contribution in [2.45, 2.75) is 58.6 Å². The van der Waals surface area contributed by atoms with Crippen molar-refractivity contribution in [2.24, 2.45) is 5.41 Å². The highest BCUT2D eigenvalue weighted by atomic mass is 29.3. The Labute approximate surface area is 154 Å². The predicted molar refractivity (Wildman–Crippen MR) is 113 cm³/mol. The lowest BCUT2D eigenvalue weighted by molar-refractivity contribution is 0.289. The molecule has 0 radical (unpaired) electrons. The van der Waals surface area contributed by atoms with E-state index < -0.39 is 15.4 Å². The SMILES string of the molecule is CC(C)(C)C1=CC2O[Si](C)(C)[Si](C)(C)C3C(=Cc4ccccc43)C2=C1. The van der Waals surface area contributed by atoms with Crippen molar-refractivity contribution in [3.05, 3.63) is 64.3 Å². The van der Waals surface area contributed by atoms with Crippen LogP contribution < -0.4 is 0 Å². The van der Waals surface area contributed by atoms with Gasteiger partial charge in [0.2, 0.25) is 0 Å². The van der Waals surface area contributed by atoms with E-state index in [4.69, 9.17) is 4.43 Å². The van der Waals surface area contributed by atoms with Gasteiger partial charge < -0.3 is 4.43 Å². The van der Waals surface area contributed by atoms with Gasteiger partial charge in [-0.05, 0) is 52.4 Å². The number of rotatable bonds is 0. The zero-order valence-electron chi connectivity index (χ0n) is 16.6. The van der Waals surface area contributed by atoms with Gasteiger partial charge in [0.15, 0.2) is 7.83 Å². The summed E-state index contributed by atoms with van der Waals surface area (Å²) in [5.41, 5.74) is 8.13. The molecule has 1 aromatic carbocycles. The Morgan fingerprint density at radius 2 is 1.60 bits per heavy atom. The monoisotopic (exact) mass is 366 g/mol. The summed E-state index contributed by atoms with van der Waals surface area (Å²) in [6.07, 6.45) is 7.47. The Bertz CT molecular complexity index is 834. The van der Waals surface area contributed by atoms with Crippen LogP contribution in [0.2, 0.25) is 26.2 Å². The number of allylic oxidation sites excluding steroid dienone is 2. The van der Waals surface area contributed by atoms with E-state index in [9.17, 15) is 0 Å². The van der Waals surface area contributed by atoms with Crippen LogP contribution in [0.25, 0.3) is 6.08 Å². The maximum Gasteiger partial charge on any atom is 0.176 e. The maximum atomic E-state index is 6.93. The molecule has 1 heterocycles. The zero-order valence-corrected chi connectivity index (χ0v) is 18.6. The van der Waals surface area contributed by atoms with Gasteiger partial charge in [-0.3, -0.25) is 0 Å². The van der Waals surface area contributed by atoms with Crippen LogP contribution in [-0.4, -0.2) is 21.5 Å².